The molecule has 0 spiro atoms. The maximum atomic E-state index is 13.5. The molecule has 0 aliphatic carbocycles. The van der Waals surface area contributed by atoms with Crippen molar-refractivity contribution in [3.63, 3.8) is 0 Å². The highest BCUT2D eigenvalue weighted by Crippen LogP contribution is 2.15. The minimum Gasteiger partial charge on any atom is -0.367 e. The van der Waals surface area contributed by atoms with Crippen LogP contribution in [-0.2, 0) is 0 Å². The van der Waals surface area contributed by atoms with Crippen molar-refractivity contribution in [1.82, 2.24) is 20.5 Å². The van der Waals surface area contributed by atoms with E-state index in [4.69, 9.17) is 0 Å². The maximum Gasteiger partial charge on any atom is 0.319 e. The first kappa shape index (κ1) is 19.0. The Balaban J connectivity index is 1.39. The number of carbonyl (C=O) groups is 1. The molecule has 0 radical (unpaired) electrons. The summed E-state index contributed by atoms with van der Waals surface area (Å²) in [5.74, 6) is -0.442. The van der Waals surface area contributed by atoms with Gasteiger partial charge >= 0.3 is 6.03 Å². The number of rotatable bonds is 7. The molecule has 3 rings (SSSR count). The number of benzene rings is 1. The van der Waals surface area contributed by atoms with Gasteiger partial charge in [0.25, 0.3) is 0 Å². The monoisotopic (exact) mass is 385 g/mol. The molecule has 0 saturated heterocycles. The molecule has 10 heteroatoms. The van der Waals surface area contributed by atoms with Crippen LogP contribution in [0, 0.1) is 11.6 Å². The van der Waals surface area contributed by atoms with Crippen molar-refractivity contribution >= 4 is 29.0 Å². The Bertz CT molecular complexity index is 923. The van der Waals surface area contributed by atoms with Crippen molar-refractivity contribution in [1.29, 1.82) is 0 Å². The van der Waals surface area contributed by atoms with Crippen LogP contribution >= 0.6 is 0 Å². The summed E-state index contributed by atoms with van der Waals surface area (Å²) in [6.07, 6.45) is 3.33. The van der Waals surface area contributed by atoms with Gasteiger partial charge in [-0.05, 0) is 36.4 Å². The molecule has 8 nitrogen and oxygen atoms in total. The first-order valence-corrected chi connectivity index (χ1v) is 8.35. The molecule has 0 aliphatic heterocycles. The summed E-state index contributed by atoms with van der Waals surface area (Å²) in [4.78, 5) is 15.7. The smallest absolute Gasteiger partial charge is 0.319 e. The number of anilines is 4. The van der Waals surface area contributed by atoms with Crippen LogP contribution < -0.4 is 21.3 Å². The molecular weight excluding hydrogens is 368 g/mol. The van der Waals surface area contributed by atoms with Crippen molar-refractivity contribution in [2.45, 2.75) is 0 Å². The lowest BCUT2D eigenvalue weighted by atomic mass is 10.3. The van der Waals surface area contributed by atoms with E-state index >= 15 is 0 Å². The molecule has 0 aliphatic rings. The van der Waals surface area contributed by atoms with Crippen LogP contribution in [0.5, 0.6) is 0 Å². The summed E-state index contributed by atoms with van der Waals surface area (Å²) >= 11 is 0. The van der Waals surface area contributed by atoms with Crippen molar-refractivity contribution in [3.05, 3.63) is 66.5 Å². The Morgan fingerprint density at radius 1 is 0.929 bits per heavy atom. The lowest BCUT2D eigenvalue weighted by Gasteiger charge is -2.10. The van der Waals surface area contributed by atoms with E-state index in [1.807, 2.05) is 12.1 Å². The lowest BCUT2D eigenvalue weighted by molar-refractivity contribution is 0.252. The van der Waals surface area contributed by atoms with Crippen LogP contribution in [0.1, 0.15) is 0 Å². The highest BCUT2D eigenvalue weighted by Gasteiger charge is 2.07. The zero-order valence-corrected chi connectivity index (χ0v) is 14.6. The third-order valence-electron chi connectivity index (χ3n) is 3.51. The fourth-order valence-electron chi connectivity index (χ4n) is 2.20. The van der Waals surface area contributed by atoms with E-state index < -0.39 is 17.7 Å². The third kappa shape index (κ3) is 5.59. The quantitative estimate of drug-likeness (QED) is 0.466. The largest absolute Gasteiger partial charge is 0.367 e. The molecule has 3 aromatic rings. The van der Waals surface area contributed by atoms with Crippen LogP contribution in [0.4, 0.5) is 36.6 Å². The molecule has 0 atom stereocenters. The molecule has 4 N–H and O–H groups in total. The number of nitrogens with zero attached hydrogens (tertiary/aromatic N) is 3. The van der Waals surface area contributed by atoms with E-state index in [9.17, 15) is 13.6 Å². The minimum absolute atomic E-state index is 0.102. The number of nitrogens with one attached hydrogen (secondary N) is 4. The maximum absolute atomic E-state index is 13.5. The van der Waals surface area contributed by atoms with Crippen LogP contribution in [0.25, 0.3) is 0 Å². The van der Waals surface area contributed by atoms with Gasteiger partial charge < -0.3 is 21.3 Å². The van der Waals surface area contributed by atoms with Gasteiger partial charge in [0.2, 0.25) is 0 Å². The summed E-state index contributed by atoms with van der Waals surface area (Å²) in [6, 6.07) is 9.42. The topological polar surface area (TPSA) is 104 Å². The van der Waals surface area contributed by atoms with Crippen LogP contribution in [0.15, 0.2) is 54.9 Å². The van der Waals surface area contributed by atoms with E-state index in [0.29, 0.717) is 24.2 Å². The Hall–Kier alpha value is -3.82. The van der Waals surface area contributed by atoms with Gasteiger partial charge in [0.05, 0.1) is 5.69 Å². The first-order valence-electron chi connectivity index (χ1n) is 8.35. The third-order valence-corrected chi connectivity index (χ3v) is 3.51. The molecule has 2 amide bonds. The van der Waals surface area contributed by atoms with E-state index in [2.05, 4.69) is 36.4 Å². The van der Waals surface area contributed by atoms with Crippen LogP contribution in [0.2, 0.25) is 0 Å². The average Bonchev–Trinajstić information content (AvgIpc) is 2.69. The van der Waals surface area contributed by atoms with Crippen molar-refractivity contribution in [3.8, 4) is 0 Å². The number of urea groups is 1. The summed E-state index contributed by atoms with van der Waals surface area (Å²) in [7, 11) is 0. The van der Waals surface area contributed by atoms with Gasteiger partial charge in [0, 0.05) is 37.2 Å². The number of pyridine rings is 1. The Labute approximate surface area is 159 Å². The molecule has 1 aromatic carbocycles. The van der Waals surface area contributed by atoms with Crippen molar-refractivity contribution < 1.29 is 13.6 Å². The normalized spacial score (nSPS) is 10.2. The fraction of sp³-hybridized carbons (Fsp3) is 0.111. The van der Waals surface area contributed by atoms with Gasteiger partial charge in [0.1, 0.15) is 17.5 Å². The van der Waals surface area contributed by atoms with Gasteiger partial charge in [-0.2, -0.15) is 0 Å². The fourth-order valence-corrected chi connectivity index (χ4v) is 2.20. The summed E-state index contributed by atoms with van der Waals surface area (Å²) in [6.45, 7) is 0.637. The molecular formula is C18H17F2N7O. The van der Waals surface area contributed by atoms with E-state index in [0.717, 1.165) is 17.8 Å². The number of hydrogen-bond acceptors (Lipinski definition) is 6. The van der Waals surface area contributed by atoms with E-state index in [1.54, 1.807) is 24.5 Å². The van der Waals surface area contributed by atoms with Gasteiger partial charge in [-0.15, -0.1) is 10.2 Å². The van der Waals surface area contributed by atoms with Crippen LogP contribution in [-0.4, -0.2) is 34.3 Å². The Kier molecular flexibility index (Phi) is 6.24. The lowest BCUT2D eigenvalue weighted by Crippen LogP contribution is -2.33. The number of halogens is 2. The second-order valence-electron chi connectivity index (χ2n) is 5.60. The first-order chi connectivity index (χ1) is 13.6. The van der Waals surface area contributed by atoms with E-state index in [1.165, 1.54) is 0 Å². The second kappa shape index (κ2) is 9.21. The molecule has 2 aromatic heterocycles. The molecule has 0 fully saturated rings. The van der Waals surface area contributed by atoms with Crippen molar-refractivity contribution in [2.75, 3.05) is 29.0 Å². The van der Waals surface area contributed by atoms with Gasteiger partial charge in [0.15, 0.2) is 5.82 Å². The highest BCUT2D eigenvalue weighted by atomic mass is 19.1. The molecule has 0 saturated carbocycles. The van der Waals surface area contributed by atoms with Crippen LogP contribution in [0.3, 0.4) is 0 Å². The predicted octanol–water partition coefficient (Wildman–Crippen LogP) is 3.13. The number of aromatic nitrogens is 3. The SMILES string of the molecule is O=C(NCCNc1ccc(Nc2ccncc2)nn1)Nc1ccc(F)cc1F. The highest BCUT2D eigenvalue weighted by molar-refractivity contribution is 5.89. The molecule has 28 heavy (non-hydrogen) atoms. The summed E-state index contributed by atoms with van der Waals surface area (Å²) in [5.41, 5.74) is 0.743. The molecule has 0 bridgehead atoms. The van der Waals surface area contributed by atoms with Gasteiger partial charge in [-0.1, -0.05) is 0 Å². The molecule has 0 unspecified atom stereocenters. The molecule has 144 valence electrons. The average molecular weight is 385 g/mol. The van der Waals surface area contributed by atoms with E-state index in [-0.39, 0.29) is 12.2 Å². The number of hydrogen-bond donors (Lipinski definition) is 4. The van der Waals surface area contributed by atoms with Gasteiger partial charge in [-0.3, -0.25) is 4.98 Å². The Morgan fingerprint density at radius 2 is 1.68 bits per heavy atom. The zero-order chi connectivity index (χ0) is 19.8. The minimum atomic E-state index is -0.844. The van der Waals surface area contributed by atoms with Crippen molar-refractivity contribution in [2.24, 2.45) is 0 Å². The van der Waals surface area contributed by atoms with Gasteiger partial charge in [-0.25, -0.2) is 13.6 Å². The number of carbonyl (C=O) groups excluding carboxylic acids is 1. The summed E-state index contributed by atoms with van der Waals surface area (Å²) in [5, 5.41) is 19.0. The standard InChI is InChI=1S/C18H17F2N7O/c19-12-1-2-15(14(20)11-12)25-18(28)23-10-9-22-16-3-4-17(27-26-16)24-13-5-7-21-8-6-13/h1-8,11H,9-10H2,(H,22,26)(H,21,24,27)(H2,23,25,28). The molecule has 2 heterocycles. The number of amides is 2. The summed E-state index contributed by atoms with van der Waals surface area (Å²) < 4.78 is 26.3. The zero-order valence-electron chi connectivity index (χ0n) is 14.6. The second-order valence-corrected chi connectivity index (χ2v) is 5.60. The Morgan fingerprint density at radius 3 is 2.39 bits per heavy atom. The predicted molar refractivity (Wildman–Crippen MR) is 101 cm³/mol.